The van der Waals surface area contributed by atoms with Gasteiger partial charge >= 0.3 is 12.1 Å². The van der Waals surface area contributed by atoms with Crippen LogP contribution in [0.25, 0.3) is 10.9 Å². The van der Waals surface area contributed by atoms with Gasteiger partial charge in [-0.15, -0.1) is 0 Å². The predicted molar refractivity (Wildman–Crippen MR) is 77.8 cm³/mol. The molecule has 0 fully saturated rings. The average molecular weight is 328 g/mol. The number of halogens is 3. The molecule has 2 aromatic rings. The van der Waals surface area contributed by atoms with Crippen LogP contribution in [0, 0.1) is 0 Å². The first-order valence-corrected chi connectivity index (χ1v) is 6.95. The highest BCUT2D eigenvalue weighted by atomic mass is 19.4. The molecule has 0 atom stereocenters. The van der Waals surface area contributed by atoms with Gasteiger partial charge in [0.05, 0.1) is 13.0 Å². The van der Waals surface area contributed by atoms with Crippen LogP contribution in [0.5, 0.6) is 0 Å². The number of alkyl halides is 3. The normalized spacial score (nSPS) is 11.5. The van der Waals surface area contributed by atoms with Crippen LogP contribution in [0.4, 0.5) is 18.9 Å². The van der Waals surface area contributed by atoms with Crippen molar-refractivity contribution in [2.24, 2.45) is 0 Å². The Morgan fingerprint density at radius 1 is 1.22 bits per heavy atom. The highest BCUT2D eigenvalue weighted by molar-refractivity contribution is 5.95. The number of hydrogen-bond acceptors (Lipinski definition) is 3. The molecule has 0 spiro atoms. The lowest BCUT2D eigenvalue weighted by molar-refractivity contribution is -0.144. The fourth-order valence-corrected chi connectivity index (χ4v) is 2.04. The van der Waals surface area contributed by atoms with Crippen molar-refractivity contribution in [3.63, 3.8) is 0 Å². The van der Waals surface area contributed by atoms with Crippen molar-refractivity contribution in [3.8, 4) is 0 Å². The van der Waals surface area contributed by atoms with Gasteiger partial charge in [-0.05, 0) is 31.2 Å². The number of H-pyrrole nitrogens is 1. The van der Waals surface area contributed by atoms with Gasteiger partial charge in [0, 0.05) is 23.0 Å². The fraction of sp³-hybridized carbons (Fsp3) is 0.333. The van der Waals surface area contributed by atoms with Crippen LogP contribution >= 0.6 is 0 Å². The molecule has 0 aliphatic carbocycles. The molecule has 0 saturated carbocycles. The molecule has 8 heteroatoms. The molecule has 0 saturated heterocycles. The van der Waals surface area contributed by atoms with E-state index in [1.165, 1.54) is 18.2 Å². The van der Waals surface area contributed by atoms with Crippen LogP contribution in [0.15, 0.2) is 24.3 Å². The highest BCUT2D eigenvalue weighted by Gasteiger charge is 2.32. The van der Waals surface area contributed by atoms with E-state index in [4.69, 9.17) is 4.74 Å². The van der Waals surface area contributed by atoms with Gasteiger partial charge in [-0.2, -0.15) is 13.2 Å². The van der Waals surface area contributed by atoms with Gasteiger partial charge in [-0.3, -0.25) is 9.59 Å². The summed E-state index contributed by atoms with van der Waals surface area (Å²) in [5.74, 6) is -0.887. The maximum Gasteiger partial charge on any atom is 0.431 e. The van der Waals surface area contributed by atoms with Gasteiger partial charge in [0.15, 0.2) is 0 Å². The largest absolute Gasteiger partial charge is 0.466 e. The van der Waals surface area contributed by atoms with Gasteiger partial charge in [0.2, 0.25) is 5.91 Å². The molecule has 0 aliphatic heterocycles. The molecule has 1 aromatic carbocycles. The maximum atomic E-state index is 12.6. The number of aromatic amines is 1. The van der Waals surface area contributed by atoms with Crippen LogP contribution in [0.2, 0.25) is 0 Å². The first-order chi connectivity index (χ1) is 10.8. The number of hydrogen-bond donors (Lipinski definition) is 2. The van der Waals surface area contributed by atoms with E-state index in [0.29, 0.717) is 16.6 Å². The zero-order valence-corrected chi connectivity index (χ0v) is 12.3. The SMILES string of the molecule is CCOC(=O)CCC(=O)Nc1ccc2[nH]c(C(F)(F)F)cc2c1. The Morgan fingerprint density at radius 3 is 2.61 bits per heavy atom. The highest BCUT2D eigenvalue weighted by Crippen LogP contribution is 2.31. The van der Waals surface area contributed by atoms with E-state index in [0.717, 1.165) is 6.07 Å². The summed E-state index contributed by atoms with van der Waals surface area (Å²) in [4.78, 5) is 25.1. The van der Waals surface area contributed by atoms with Crippen molar-refractivity contribution in [1.29, 1.82) is 0 Å². The van der Waals surface area contributed by atoms with Crippen LogP contribution in [-0.4, -0.2) is 23.5 Å². The van der Waals surface area contributed by atoms with Crippen molar-refractivity contribution in [2.45, 2.75) is 25.9 Å². The molecule has 124 valence electrons. The minimum absolute atomic E-state index is 0.0513. The minimum atomic E-state index is -4.46. The third-order valence-electron chi connectivity index (χ3n) is 3.07. The lowest BCUT2D eigenvalue weighted by Gasteiger charge is -2.05. The van der Waals surface area contributed by atoms with Crippen LogP contribution in [0.1, 0.15) is 25.5 Å². The van der Waals surface area contributed by atoms with Gasteiger partial charge < -0.3 is 15.0 Å². The molecule has 2 rings (SSSR count). The Morgan fingerprint density at radius 2 is 1.96 bits per heavy atom. The zero-order chi connectivity index (χ0) is 17.0. The van der Waals surface area contributed by atoms with Gasteiger partial charge in [-0.1, -0.05) is 0 Å². The summed E-state index contributed by atoms with van der Waals surface area (Å²) in [5.41, 5.74) is -0.167. The van der Waals surface area contributed by atoms with Crippen LogP contribution in [0.3, 0.4) is 0 Å². The van der Waals surface area contributed by atoms with Crippen molar-refractivity contribution >= 4 is 28.5 Å². The summed E-state index contributed by atoms with van der Waals surface area (Å²) in [6.07, 6.45) is -4.57. The van der Waals surface area contributed by atoms with E-state index in [2.05, 4.69) is 10.3 Å². The minimum Gasteiger partial charge on any atom is -0.466 e. The van der Waals surface area contributed by atoms with E-state index in [9.17, 15) is 22.8 Å². The number of esters is 1. The molecule has 2 N–H and O–H groups in total. The third-order valence-corrected chi connectivity index (χ3v) is 3.07. The summed E-state index contributed by atoms with van der Waals surface area (Å²) < 4.78 is 42.6. The smallest absolute Gasteiger partial charge is 0.431 e. The second-order valence-corrected chi connectivity index (χ2v) is 4.84. The molecule has 0 radical (unpaired) electrons. The summed E-state index contributed by atoms with van der Waals surface area (Å²) in [5, 5.41) is 2.87. The number of carbonyl (C=O) groups excluding carboxylic acids is 2. The lowest BCUT2D eigenvalue weighted by atomic mass is 10.2. The Bertz CT molecular complexity index is 722. The van der Waals surface area contributed by atoms with E-state index >= 15 is 0 Å². The van der Waals surface area contributed by atoms with E-state index < -0.39 is 23.7 Å². The van der Waals surface area contributed by atoms with Crippen LogP contribution in [-0.2, 0) is 20.5 Å². The number of nitrogens with one attached hydrogen (secondary N) is 2. The summed E-state index contributed by atoms with van der Waals surface area (Å²) in [6.45, 7) is 1.91. The monoisotopic (exact) mass is 328 g/mol. The first kappa shape index (κ1) is 16.9. The number of ether oxygens (including phenoxy) is 1. The number of benzene rings is 1. The molecule has 1 aromatic heterocycles. The Hall–Kier alpha value is -2.51. The predicted octanol–water partition coefficient (Wildman–Crippen LogP) is 3.47. The Labute approximate surface area is 129 Å². The molecule has 0 unspecified atom stereocenters. The quantitative estimate of drug-likeness (QED) is 0.826. The molecular weight excluding hydrogens is 313 g/mol. The number of aromatic nitrogens is 1. The summed E-state index contributed by atoms with van der Waals surface area (Å²) in [7, 11) is 0. The number of amides is 1. The number of carbonyl (C=O) groups is 2. The first-order valence-electron chi connectivity index (χ1n) is 6.95. The topological polar surface area (TPSA) is 71.2 Å². The van der Waals surface area contributed by atoms with E-state index in [-0.39, 0.29) is 19.4 Å². The second-order valence-electron chi connectivity index (χ2n) is 4.84. The van der Waals surface area contributed by atoms with E-state index in [1.54, 1.807) is 6.92 Å². The third kappa shape index (κ3) is 4.48. The molecule has 0 bridgehead atoms. The number of fused-ring (bicyclic) bond motifs is 1. The molecular formula is C15H15F3N2O3. The Balaban J connectivity index is 2.03. The summed E-state index contributed by atoms with van der Waals surface area (Å²) in [6, 6.07) is 5.35. The van der Waals surface area contributed by atoms with Gasteiger partial charge in [-0.25, -0.2) is 0 Å². The number of rotatable bonds is 5. The molecule has 1 amide bonds. The lowest BCUT2D eigenvalue weighted by Crippen LogP contribution is -2.14. The van der Waals surface area contributed by atoms with Crippen molar-refractivity contribution in [3.05, 3.63) is 30.0 Å². The van der Waals surface area contributed by atoms with Crippen molar-refractivity contribution in [1.82, 2.24) is 4.98 Å². The zero-order valence-electron chi connectivity index (χ0n) is 12.3. The van der Waals surface area contributed by atoms with Crippen molar-refractivity contribution in [2.75, 3.05) is 11.9 Å². The Kier molecular flexibility index (Phi) is 4.92. The number of anilines is 1. The summed E-state index contributed by atoms with van der Waals surface area (Å²) >= 11 is 0. The maximum absolute atomic E-state index is 12.6. The van der Waals surface area contributed by atoms with Crippen molar-refractivity contribution < 1.29 is 27.5 Å². The standard InChI is InChI=1S/C15H15F3N2O3/c1-2-23-14(22)6-5-13(21)19-10-3-4-11-9(7-10)8-12(20-11)15(16,17)18/h3-4,7-8,20H,2,5-6H2,1H3,(H,19,21). The van der Waals surface area contributed by atoms with E-state index in [1.807, 2.05) is 0 Å². The molecule has 23 heavy (non-hydrogen) atoms. The molecule has 0 aliphatic rings. The van der Waals surface area contributed by atoms with Gasteiger partial charge in [0.25, 0.3) is 0 Å². The molecule has 5 nitrogen and oxygen atoms in total. The van der Waals surface area contributed by atoms with Crippen LogP contribution < -0.4 is 5.32 Å². The second kappa shape index (κ2) is 6.72. The molecule has 1 heterocycles. The van der Waals surface area contributed by atoms with Gasteiger partial charge in [0.1, 0.15) is 5.69 Å². The average Bonchev–Trinajstić information content (AvgIpc) is 2.89. The fourth-order valence-electron chi connectivity index (χ4n) is 2.04.